The highest BCUT2D eigenvalue weighted by atomic mass is 16.5. The lowest BCUT2D eigenvalue weighted by molar-refractivity contribution is -0.162. The van der Waals surface area contributed by atoms with Crippen LogP contribution >= 0.6 is 0 Å². The summed E-state index contributed by atoms with van der Waals surface area (Å²) in [6.07, 6.45) is 4.59. The van der Waals surface area contributed by atoms with Gasteiger partial charge < -0.3 is 14.5 Å². The van der Waals surface area contributed by atoms with Crippen LogP contribution in [0.1, 0.15) is 45.0 Å². The maximum Gasteiger partial charge on any atom is 0.231 e. The summed E-state index contributed by atoms with van der Waals surface area (Å²) in [6.45, 7) is 8.61. The van der Waals surface area contributed by atoms with Crippen LogP contribution in [0.4, 0.5) is 5.95 Å². The minimum Gasteiger partial charge on any atom is -0.481 e. The number of amides is 1. The molecule has 1 aliphatic carbocycles. The number of H-pyrrole nitrogens is 1. The average Bonchev–Trinajstić information content (AvgIpc) is 3.30. The van der Waals surface area contributed by atoms with Gasteiger partial charge in [0.05, 0.1) is 30.5 Å². The number of carbonyl (C=O) groups excluding carboxylic acids is 1. The van der Waals surface area contributed by atoms with E-state index in [4.69, 9.17) is 4.74 Å². The van der Waals surface area contributed by atoms with E-state index in [9.17, 15) is 4.79 Å². The Bertz CT molecular complexity index is 926. The van der Waals surface area contributed by atoms with Crippen molar-refractivity contribution in [1.82, 2.24) is 25.1 Å². The highest BCUT2D eigenvalue weighted by Gasteiger charge is 2.67. The molecule has 3 heterocycles. The standard InChI is InChI=1S/C22H32N6O2/c1-6-7-15-10-16(26-25-15)11-27(4)19(29)22-13-21(2,3)17(22)12-28(14-22)20-23-9-8-18(24-20)30-5/h8-10,17H,6-7,11-14H2,1-5H3,(H,25,26)/t17-,22+/m1/s1. The zero-order valence-electron chi connectivity index (χ0n) is 18.6. The van der Waals surface area contributed by atoms with Gasteiger partial charge in [-0.25, -0.2) is 4.98 Å². The second-order valence-electron chi connectivity index (χ2n) is 9.45. The van der Waals surface area contributed by atoms with E-state index in [-0.39, 0.29) is 17.2 Å². The summed E-state index contributed by atoms with van der Waals surface area (Å²) in [5.74, 6) is 1.64. The molecule has 2 aromatic heterocycles. The van der Waals surface area contributed by atoms with Crippen LogP contribution in [0, 0.1) is 16.7 Å². The molecule has 1 aliphatic heterocycles. The number of rotatable bonds is 7. The Morgan fingerprint density at radius 2 is 2.23 bits per heavy atom. The van der Waals surface area contributed by atoms with Gasteiger partial charge in [0.1, 0.15) is 0 Å². The number of aryl methyl sites for hydroxylation is 1. The Balaban J connectivity index is 1.52. The molecular weight excluding hydrogens is 380 g/mol. The molecule has 0 radical (unpaired) electrons. The van der Waals surface area contributed by atoms with Crippen LogP contribution in [-0.2, 0) is 17.8 Å². The Morgan fingerprint density at radius 1 is 1.43 bits per heavy atom. The Hall–Kier alpha value is -2.64. The third-order valence-corrected chi connectivity index (χ3v) is 6.74. The molecule has 2 aliphatic rings. The number of nitrogens with one attached hydrogen (secondary N) is 1. The third-order valence-electron chi connectivity index (χ3n) is 6.74. The van der Waals surface area contributed by atoms with Crippen molar-refractivity contribution in [3.63, 3.8) is 0 Å². The predicted molar refractivity (Wildman–Crippen MR) is 114 cm³/mol. The smallest absolute Gasteiger partial charge is 0.231 e. The first-order valence-corrected chi connectivity index (χ1v) is 10.7. The Morgan fingerprint density at radius 3 is 2.93 bits per heavy atom. The summed E-state index contributed by atoms with van der Waals surface area (Å²) in [7, 11) is 3.49. The van der Waals surface area contributed by atoms with E-state index in [0.29, 0.717) is 24.9 Å². The molecule has 0 spiro atoms. The molecule has 1 saturated heterocycles. The summed E-state index contributed by atoms with van der Waals surface area (Å²) < 4.78 is 5.26. The molecule has 0 unspecified atom stereocenters. The first-order valence-electron chi connectivity index (χ1n) is 10.7. The fourth-order valence-electron chi connectivity index (χ4n) is 5.51. The molecule has 0 aromatic carbocycles. The van der Waals surface area contributed by atoms with Crippen molar-refractivity contribution in [1.29, 1.82) is 0 Å². The molecule has 2 fully saturated rings. The molecular formula is C22H32N6O2. The zero-order chi connectivity index (χ0) is 21.5. The molecule has 162 valence electrons. The van der Waals surface area contributed by atoms with Gasteiger partial charge in [-0.3, -0.25) is 9.89 Å². The largest absolute Gasteiger partial charge is 0.481 e. The minimum absolute atomic E-state index is 0.117. The van der Waals surface area contributed by atoms with Gasteiger partial charge in [-0.2, -0.15) is 10.1 Å². The summed E-state index contributed by atoms with van der Waals surface area (Å²) in [4.78, 5) is 26.6. The minimum atomic E-state index is -0.392. The molecule has 8 heteroatoms. The summed E-state index contributed by atoms with van der Waals surface area (Å²) in [5.41, 5.74) is 1.76. The molecule has 1 N–H and O–H groups in total. The van der Waals surface area contributed by atoms with Gasteiger partial charge in [0.2, 0.25) is 17.7 Å². The lowest BCUT2D eigenvalue weighted by Gasteiger charge is -2.56. The Labute approximate surface area is 178 Å². The van der Waals surface area contributed by atoms with Crippen LogP contribution in [0.2, 0.25) is 0 Å². The van der Waals surface area contributed by atoms with Crippen LogP contribution in [0.5, 0.6) is 5.88 Å². The summed E-state index contributed by atoms with van der Waals surface area (Å²) in [5, 5.41) is 7.44. The van der Waals surface area contributed by atoms with E-state index in [0.717, 1.165) is 37.2 Å². The van der Waals surface area contributed by atoms with Crippen molar-refractivity contribution < 1.29 is 9.53 Å². The van der Waals surface area contributed by atoms with Crippen molar-refractivity contribution in [3.8, 4) is 5.88 Å². The molecule has 2 atom stereocenters. The number of hydrogen-bond donors (Lipinski definition) is 1. The van der Waals surface area contributed by atoms with Crippen LogP contribution < -0.4 is 9.64 Å². The number of anilines is 1. The van der Waals surface area contributed by atoms with Gasteiger partial charge in [0.25, 0.3) is 0 Å². The van der Waals surface area contributed by atoms with Crippen LogP contribution in [0.15, 0.2) is 18.3 Å². The topological polar surface area (TPSA) is 87.2 Å². The fourth-order valence-corrected chi connectivity index (χ4v) is 5.51. The molecule has 8 nitrogen and oxygen atoms in total. The molecule has 2 aromatic rings. The van der Waals surface area contributed by atoms with Gasteiger partial charge in [-0.1, -0.05) is 27.2 Å². The molecule has 1 amide bonds. The number of carbonyl (C=O) groups is 1. The summed E-state index contributed by atoms with van der Waals surface area (Å²) in [6, 6.07) is 3.81. The van der Waals surface area contributed by atoms with Crippen molar-refractivity contribution >= 4 is 11.9 Å². The van der Waals surface area contributed by atoms with Gasteiger partial charge in [0, 0.05) is 32.4 Å². The van der Waals surface area contributed by atoms with Crippen molar-refractivity contribution in [3.05, 3.63) is 29.7 Å². The highest BCUT2D eigenvalue weighted by molar-refractivity contribution is 5.86. The number of ether oxygens (including phenoxy) is 1. The monoisotopic (exact) mass is 412 g/mol. The number of fused-ring (bicyclic) bond motifs is 1. The van der Waals surface area contributed by atoms with Crippen molar-refractivity contribution in [2.75, 3.05) is 32.1 Å². The van der Waals surface area contributed by atoms with E-state index < -0.39 is 5.41 Å². The van der Waals surface area contributed by atoms with Gasteiger partial charge in [0.15, 0.2) is 0 Å². The summed E-state index contributed by atoms with van der Waals surface area (Å²) >= 11 is 0. The zero-order valence-corrected chi connectivity index (χ0v) is 18.6. The SMILES string of the molecule is CCCc1cc(CN(C)C(=O)[C@@]23CN(c4nccc(OC)n4)C[C@@H]2C(C)(C)C3)[nH]n1. The molecule has 4 rings (SSSR count). The van der Waals surface area contributed by atoms with E-state index >= 15 is 0 Å². The van der Waals surface area contributed by atoms with Crippen LogP contribution in [-0.4, -0.2) is 58.2 Å². The number of methoxy groups -OCH3 is 1. The number of hydrogen-bond acceptors (Lipinski definition) is 6. The van der Waals surface area contributed by atoms with Gasteiger partial charge in [-0.15, -0.1) is 0 Å². The van der Waals surface area contributed by atoms with Gasteiger partial charge >= 0.3 is 0 Å². The van der Waals surface area contributed by atoms with Crippen LogP contribution in [0.3, 0.4) is 0 Å². The molecule has 0 bridgehead atoms. The van der Waals surface area contributed by atoms with Crippen molar-refractivity contribution in [2.45, 2.75) is 46.6 Å². The van der Waals surface area contributed by atoms with Crippen molar-refractivity contribution in [2.24, 2.45) is 16.7 Å². The number of aromatic amines is 1. The Kier molecular flexibility index (Phi) is 5.20. The maximum atomic E-state index is 13.7. The molecule has 30 heavy (non-hydrogen) atoms. The number of nitrogens with zero attached hydrogens (tertiary/aromatic N) is 5. The molecule has 1 saturated carbocycles. The van der Waals surface area contributed by atoms with E-state index in [1.807, 2.05) is 11.9 Å². The van der Waals surface area contributed by atoms with E-state index in [1.165, 1.54) is 0 Å². The van der Waals surface area contributed by atoms with E-state index in [1.54, 1.807) is 19.4 Å². The second-order valence-corrected chi connectivity index (χ2v) is 9.45. The van der Waals surface area contributed by atoms with E-state index in [2.05, 4.69) is 51.9 Å². The van der Waals surface area contributed by atoms with Gasteiger partial charge in [-0.05, 0) is 30.2 Å². The first-order chi connectivity index (χ1) is 14.3. The normalized spacial score (nSPS) is 24.3. The second kappa shape index (κ2) is 7.56. The lowest BCUT2D eigenvalue weighted by atomic mass is 9.47. The lowest BCUT2D eigenvalue weighted by Crippen LogP contribution is -2.60. The first kappa shape index (κ1) is 20.6. The average molecular weight is 413 g/mol. The third kappa shape index (κ3) is 3.42. The number of aromatic nitrogens is 4. The fraction of sp³-hybridized carbons (Fsp3) is 0.636. The van der Waals surface area contributed by atoms with Crippen LogP contribution in [0.25, 0.3) is 0 Å². The predicted octanol–water partition coefficient (Wildman–Crippen LogP) is 2.67. The quantitative estimate of drug-likeness (QED) is 0.752. The maximum absolute atomic E-state index is 13.7. The highest BCUT2D eigenvalue weighted by Crippen LogP contribution is 2.63.